The summed E-state index contributed by atoms with van der Waals surface area (Å²) in [5.41, 5.74) is 5.15. The van der Waals surface area contributed by atoms with Gasteiger partial charge in [-0.15, -0.1) is 0 Å². The molecule has 0 aliphatic heterocycles. The maximum atomic E-state index is 12.1. The van der Waals surface area contributed by atoms with E-state index >= 15 is 0 Å². The van der Waals surface area contributed by atoms with Gasteiger partial charge in [0.1, 0.15) is 5.75 Å². The quantitative estimate of drug-likeness (QED) is 0.619. The monoisotopic (exact) mass is 391 g/mol. The highest BCUT2D eigenvalue weighted by atomic mass is 32.2. The van der Waals surface area contributed by atoms with Crippen LogP contribution in [0, 0.1) is 0 Å². The van der Waals surface area contributed by atoms with E-state index in [0.29, 0.717) is 17.9 Å². The molecule has 3 N–H and O–H groups in total. The average molecular weight is 391 g/mol. The number of nitrogens with one attached hydrogen (secondary N) is 3. The van der Waals surface area contributed by atoms with Crippen molar-refractivity contribution in [3.05, 3.63) is 59.7 Å². The van der Waals surface area contributed by atoms with Gasteiger partial charge in [-0.3, -0.25) is 20.4 Å². The van der Waals surface area contributed by atoms with Gasteiger partial charge >= 0.3 is 0 Å². The van der Waals surface area contributed by atoms with Crippen molar-refractivity contribution < 1.29 is 22.7 Å². The minimum Gasteiger partial charge on any atom is -0.494 e. The molecule has 0 spiro atoms. The number of sulfonamides is 1. The number of benzene rings is 2. The molecule has 0 radical (unpaired) electrons. The Morgan fingerprint density at radius 3 is 1.78 bits per heavy atom. The van der Waals surface area contributed by atoms with Gasteiger partial charge in [-0.05, 0) is 55.5 Å². The van der Waals surface area contributed by atoms with Crippen molar-refractivity contribution in [2.75, 3.05) is 13.2 Å². The second-order valence-electron chi connectivity index (χ2n) is 5.39. The van der Waals surface area contributed by atoms with E-state index in [1.165, 1.54) is 24.3 Å². The van der Waals surface area contributed by atoms with Crippen molar-refractivity contribution in [3.8, 4) is 5.75 Å². The van der Waals surface area contributed by atoms with E-state index in [-0.39, 0.29) is 17.0 Å². The SMILES string of the molecule is CCNS(=O)(=O)c1ccc(C(=O)NNC(=O)c2ccc(OCC)cc2)cc1. The van der Waals surface area contributed by atoms with Gasteiger partial charge in [-0.25, -0.2) is 13.1 Å². The van der Waals surface area contributed by atoms with E-state index in [9.17, 15) is 18.0 Å². The maximum absolute atomic E-state index is 12.1. The molecule has 2 rings (SSSR count). The lowest BCUT2D eigenvalue weighted by molar-refractivity contribution is 0.0846. The van der Waals surface area contributed by atoms with Crippen LogP contribution in [0.5, 0.6) is 5.75 Å². The topological polar surface area (TPSA) is 114 Å². The van der Waals surface area contributed by atoms with Crippen LogP contribution in [0.25, 0.3) is 0 Å². The third-order valence-corrected chi connectivity index (χ3v) is 5.04. The highest BCUT2D eigenvalue weighted by Crippen LogP contribution is 2.12. The Morgan fingerprint density at radius 2 is 1.33 bits per heavy atom. The molecule has 0 saturated heterocycles. The van der Waals surface area contributed by atoms with E-state index in [2.05, 4.69) is 15.6 Å². The minimum atomic E-state index is -3.58. The molecule has 0 unspecified atom stereocenters. The molecule has 27 heavy (non-hydrogen) atoms. The van der Waals surface area contributed by atoms with E-state index in [1.54, 1.807) is 31.2 Å². The number of amides is 2. The van der Waals surface area contributed by atoms with E-state index in [0.717, 1.165) is 0 Å². The molecule has 0 fully saturated rings. The zero-order chi connectivity index (χ0) is 19.9. The van der Waals surface area contributed by atoms with Crippen LogP contribution in [0.4, 0.5) is 0 Å². The fourth-order valence-electron chi connectivity index (χ4n) is 2.19. The fraction of sp³-hybridized carbons (Fsp3) is 0.222. The van der Waals surface area contributed by atoms with Crippen molar-refractivity contribution in [3.63, 3.8) is 0 Å². The van der Waals surface area contributed by atoms with Crippen LogP contribution < -0.4 is 20.3 Å². The second-order valence-corrected chi connectivity index (χ2v) is 7.16. The Bertz CT molecular complexity index is 894. The highest BCUT2D eigenvalue weighted by Gasteiger charge is 2.14. The van der Waals surface area contributed by atoms with Crippen molar-refractivity contribution >= 4 is 21.8 Å². The minimum absolute atomic E-state index is 0.0549. The molecule has 144 valence electrons. The van der Waals surface area contributed by atoms with Crippen molar-refractivity contribution in [1.29, 1.82) is 0 Å². The normalized spacial score (nSPS) is 10.9. The summed E-state index contributed by atoms with van der Waals surface area (Å²) >= 11 is 0. The summed E-state index contributed by atoms with van der Waals surface area (Å²) in [6.07, 6.45) is 0. The van der Waals surface area contributed by atoms with E-state index < -0.39 is 21.8 Å². The zero-order valence-corrected chi connectivity index (χ0v) is 15.8. The summed E-state index contributed by atoms with van der Waals surface area (Å²) < 4.78 is 31.4. The highest BCUT2D eigenvalue weighted by molar-refractivity contribution is 7.89. The lowest BCUT2D eigenvalue weighted by atomic mass is 10.2. The molecule has 0 aliphatic rings. The van der Waals surface area contributed by atoms with Crippen molar-refractivity contribution in [2.45, 2.75) is 18.7 Å². The molecule has 0 aromatic heterocycles. The first kappa shape index (κ1) is 20.4. The first-order valence-corrected chi connectivity index (χ1v) is 9.79. The van der Waals surface area contributed by atoms with Gasteiger partial charge in [-0.2, -0.15) is 0 Å². The van der Waals surface area contributed by atoms with Gasteiger partial charge in [0.25, 0.3) is 11.8 Å². The van der Waals surface area contributed by atoms with Crippen molar-refractivity contribution in [1.82, 2.24) is 15.6 Å². The molecule has 0 heterocycles. The second kappa shape index (κ2) is 9.15. The maximum Gasteiger partial charge on any atom is 0.269 e. The first-order chi connectivity index (χ1) is 12.9. The van der Waals surface area contributed by atoms with Crippen LogP contribution in [0.2, 0.25) is 0 Å². The van der Waals surface area contributed by atoms with Gasteiger partial charge < -0.3 is 4.74 Å². The number of hydrogen-bond acceptors (Lipinski definition) is 5. The van der Waals surface area contributed by atoms with Gasteiger partial charge in [0.15, 0.2) is 0 Å². The Kier molecular flexibility index (Phi) is 6.91. The number of ether oxygens (including phenoxy) is 1. The Morgan fingerprint density at radius 1 is 0.852 bits per heavy atom. The van der Waals surface area contributed by atoms with Crippen molar-refractivity contribution in [2.24, 2.45) is 0 Å². The summed E-state index contributed by atoms with van der Waals surface area (Å²) in [5.74, 6) is -0.412. The summed E-state index contributed by atoms with van der Waals surface area (Å²) in [5, 5.41) is 0. The van der Waals surface area contributed by atoms with Gasteiger partial charge in [0.05, 0.1) is 11.5 Å². The Labute approximate surface area is 157 Å². The molecule has 0 atom stereocenters. The largest absolute Gasteiger partial charge is 0.494 e. The molecular formula is C18H21N3O5S. The zero-order valence-electron chi connectivity index (χ0n) is 15.0. The van der Waals surface area contributed by atoms with E-state index in [4.69, 9.17) is 4.74 Å². The van der Waals surface area contributed by atoms with Crippen LogP contribution >= 0.6 is 0 Å². The lowest BCUT2D eigenvalue weighted by Gasteiger charge is -2.09. The van der Waals surface area contributed by atoms with Gasteiger partial charge in [0, 0.05) is 17.7 Å². The standard InChI is InChI=1S/C18H21N3O5S/c1-3-19-27(24,25)16-11-7-14(8-12-16)18(23)21-20-17(22)13-5-9-15(10-6-13)26-4-2/h5-12,19H,3-4H2,1-2H3,(H,20,22)(H,21,23). The third-order valence-electron chi connectivity index (χ3n) is 3.48. The predicted octanol–water partition coefficient (Wildman–Crippen LogP) is 1.46. The molecule has 9 heteroatoms. The van der Waals surface area contributed by atoms with E-state index in [1.807, 2.05) is 6.92 Å². The molecule has 0 saturated carbocycles. The number of rotatable bonds is 7. The predicted molar refractivity (Wildman–Crippen MR) is 99.8 cm³/mol. The molecule has 0 aliphatic carbocycles. The van der Waals surface area contributed by atoms with Crippen LogP contribution in [-0.2, 0) is 10.0 Å². The Balaban J connectivity index is 1.96. The summed E-state index contributed by atoms with van der Waals surface area (Å²) in [6.45, 7) is 4.32. The van der Waals surface area contributed by atoms with Crippen LogP contribution in [0.3, 0.4) is 0 Å². The molecule has 2 aromatic carbocycles. The average Bonchev–Trinajstić information content (AvgIpc) is 2.67. The molecule has 2 aromatic rings. The summed E-state index contributed by atoms with van der Waals surface area (Å²) in [7, 11) is -3.58. The van der Waals surface area contributed by atoms with Gasteiger partial charge in [-0.1, -0.05) is 6.92 Å². The van der Waals surface area contributed by atoms with Crippen LogP contribution in [-0.4, -0.2) is 33.4 Å². The summed E-state index contributed by atoms with van der Waals surface area (Å²) in [6, 6.07) is 11.8. The van der Waals surface area contributed by atoms with Gasteiger partial charge in [0.2, 0.25) is 10.0 Å². The number of hydrazine groups is 1. The van der Waals surface area contributed by atoms with Crippen LogP contribution in [0.1, 0.15) is 34.6 Å². The number of carbonyl (C=O) groups is 2. The lowest BCUT2D eigenvalue weighted by Crippen LogP contribution is -2.41. The smallest absolute Gasteiger partial charge is 0.269 e. The molecule has 0 bridgehead atoms. The summed E-state index contributed by atoms with van der Waals surface area (Å²) in [4.78, 5) is 24.2. The number of carbonyl (C=O) groups excluding carboxylic acids is 2. The van der Waals surface area contributed by atoms with Crippen LogP contribution in [0.15, 0.2) is 53.4 Å². The fourth-order valence-corrected chi connectivity index (χ4v) is 3.23. The molecule has 2 amide bonds. The Hall–Kier alpha value is -2.91. The molecule has 8 nitrogen and oxygen atoms in total. The molecular weight excluding hydrogens is 370 g/mol. The number of hydrogen-bond donors (Lipinski definition) is 3. The third kappa shape index (κ3) is 5.53. The first-order valence-electron chi connectivity index (χ1n) is 8.30.